The first kappa shape index (κ1) is 22.6. The van der Waals surface area contributed by atoms with Crippen LogP contribution in [0.2, 0.25) is 5.02 Å². The molecule has 33 heavy (non-hydrogen) atoms. The van der Waals surface area contributed by atoms with Crippen molar-refractivity contribution >= 4 is 23.4 Å². The first-order valence-corrected chi connectivity index (χ1v) is 11.0. The zero-order valence-electron chi connectivity index (χ0n) is 18.6. The Hall–Kier alpha value is -3.56. The highest BCUT2D eigenvalue weighted by molar-refractivity contribution is 6.30. The van der Waals surface area contributed by atoms with Crippen molar-refractivity contribution in [3.8, 4) is 17.6 Å². The minimum atomic E-state index is -0.523. The molecule has 1 aliphatic heterocycles. The van der Waals surface area contributed by atoms with Crippen molar-refractivity contribution in [2.75, 3.05) is 7.11 Å². The summed E-state index contributed by atoms with van der Waals surface area (Å²) in [6, 6.07) is 15.0. The van der Waals surface area contributed by atoms with Gasteiger partial charge >= 0.3 is 5.97 Å². The normalized spacial score (nSPS) is 20.0. The van der Waals surface area contributed by atoms with E-state index in [1.165, 1.54) is 14.0 Å². The smallest absolute Gasteiger partial charge is 0.308 e. The van der Waals surface area contributed by atoms with Crippen molar-refractivity contribution in [3.63, 3.8) is 0 Å². The number of rotatable bonds is 4. The third-order valence-electron chi connectivity index (χ3n) is 6.06. The molecule has 0 spiro atoms. The fourth-order valence-electron chi connectivity index (χ4n) is 4.59. The Balaban J connectivity index is 1.77. The van der Waals surface area contributed by atoms with Crippen LogP contribution in [-0.4, -0.2) is 18.9 Å². The van der Waals surface area contributed by atoms with Gasteiger partial charge < -0.3 is 14.8 Å². The fourth-order valence-corrected chi connectivity index (χ4v) is 4.72. The number of carbonyl (C=O) groups excluding carboxylic acids is 2. The number of methoxy groups -OCH3 is 1. The number of hydrogen-bond acceptors (Lipinski definition) is 6. The molecule has 0 saturated carbocycles. The van der Waals surface area contributed by atoms with Crippen molar-refractivity contribution in [1.29, 1.82) is 5.26 Å². The van der Waals surface area contributed by atoms with Crippen LogP contribution in [0.3, 0.4) is 0 Å². The van der Waals surface area contributed by atoms with Crippen LogP contribution < -0.4 is 14.8 Å². The quantitative estimate of drug-likeness (QED) is 0.498. The van der Waals surface area contributed by atoms with Crippen molar-refractivity contribution in [1.82, 2.24) is 5.32 Å². The number of halogens is 1. The Kier molecular flexibility index (Phi) is 6.26. The average molecular weight is 463 g/mol. The number of hydrogen-bond donors (Lipinski definition) is 1. The number of dihydropyridines is 1. The predicted octanol–water partition coefficient (Wildman–Crippen LogP) is 5.16. The highest BCUT2D eigenvalue weighted by atomic mass is 35.5. The highest BCUT2D eigenvalue weighted by Gasteiger charge is 2.39. The van der Waals surface area contributed by atoms with Gasteiger partial charge in [-0.05, 0) is 54.7 Å². The zero-order valence-corrected chi connectivity index (χ0v) is 19.3. The van der Waals surface area contributed by atoms with Gasteiger partial charge in [0.05, 0.1) is 24.7 Å². The lowest BCUT2D eigenvalue weighted by Gasteiger charge is -2.35. The molecule has 2 atom stereocenters. The van der Waals surface area contributed by atoms with E-state index < -0.39 is 11.9 Å². The molecule has 6 nitrogen and oxygen atoms in total. The molecule has 1 aliphatic carbocycles. The van der Waals surface area contributed by atoms with Gasteiger partial charge in [0.15, 0.2) is 17.3 Å². The molecule has 1 heterocycles. The summed E-state index contributed by atoms with van der Waals surface area (Å²) in [6.07, 6.45) is 0.997. The molecular weight excluding hydrogens is 440 g/mol. The summed E-state index contributed by atoms with van der Waals surface area (Å²) in [5.41, 5.74) is 4.41. The monoisotopic (exact) mass is 462 g/mol. The predicted molar refractivity (Wildman–Crippen MR) is 124 cm³/mol. The van der Waals surface area contributed by atoms with Crippen molar-refractivity contribution in [2.24, 2.45) is 0 Å². The van der Waals surface area contributed by atoms with Gasteiger partial charge in [0.25, 0.3) is 0 Å². The second kappa shape index (κ2) is 9.13. The third-order valence-corrected chi connectivity index (χ3v) is 6.32. The van der Waals surface area contributed by atoms with Gasteiger partial charge in [0, 0.05) is 35.3 Å². The SMILES string of the molecule is COc1cc([C@@H]2C(C#N)=C(C)NC3=C2C(=O)C[C@@H](c2ccc(Cl)cc2)C3)ccc1OC(C)=O. The minimum absolute atomic E-state index is 0.00280. The van der Waals surface area contributed by atoms with E-state index in [1.807, 2.05) is 31.2 Å². The maximum atomic E-state index is 13.4. The maximum absolute atomic E-state index is 13.4. The Morgan fingerprint density at radius 1 is 1.12 bits per heavy atom. The summed E-state index contributed by atoms with van der Waals surface area (Å²) in [7, 11) is 1.48. The topological polar surface area (TPSA) is 88.4 Å². The zero-order chi connectivity index (χ0) is 23.7. The van der Waals surface area contributed by atoms with Crippen molar-refractivity contribution < 1.29 is 19.1 Å². The standard InChI is InChI=1S/C26H23ClN2O4/c1-14-20(13-28)25(17-6-9-23(33-15(2)30)24(12-17)32-3)26-21(29-14)10-18(11-22(26)31)16-4-7-19(27)8-5-16/h4-9,12,18,25,29H,10-11H2,1-3H3/t18-,25+/m0/s1. The molecule has 2 aromatic carbocycles. The van der Waals surface area contributed by atoms with Crippen LogP contribution in [0.1, 0.15) is 49.7 Å². The largest absolute Gasteiger partial charge is 0.493 e. The van der Waals surface area contributed by atoms with Crippen LogP contribution in [0, 0.1) is 11.3 Å². The molecule has 1 N–H and O–H groups in total. The lowest BCUT2D eigenvalue weighted by atomic mass is 9.72. The molecule has 0 aromatic heterocycles. The lowest BCUT2D eigenvalue weighted by molar-refractivity contribution is -0.132. The second-order valence-electron chi connectivity index (χ2n) is 8.18. The molecule has 2 aromatic rings. The summed E-state index contributed by atoms with van der Waals surface area (Å²) < 4.78 is 10.6. The van der Waals surface area contributed by atoms with Crippen LogP contribution in [-0.2, 0) is 9.59 Å². The second-order valence-corrected chi connectivity index (χ2v) is 8.62. The van der Waals surface area contributed by atoms with E-state index in [0.29, 0.717) is 40.5 Å². The summed E-state index contributed by atoms with van der Waals surface area (Å²) >= 11 is 6.03. The summed E-state index contributed by atoms with van der Waals surface area (Å²) in [4.78, 5) is 24.9. The lowest BCUT2D eigenvalue weighted by Crippen LogP contribution is -2.33. The number of nitrogens with one attached hydrogen (secondary N) is 1. The number of benzene rings is 2. The van der Waals surface area contributed by atoms with Gasteiger partial charge in [-0.2, -0.15) is 5.26 Å². The number of ether oxygens (including phenoxy) is 2. The number of Topliss-reactive ketones (excluding diaryl/α,β-unsaturated/α-hetero) is 1. The van der Waals surface area contributed by atoms with Crippen LogP contribution in [0.4, 0.5) is 0 Å². The third kappa shape index (κ3) is 4.37. The van der Waals surface area contributed by atoms with Gasteiger partial charge in [-0.1, -0.05) is 29.8 Å². The van der Waals surface area contributed by atoms with Gasteiger partial charge in [-0.15, -0.1) is 0 Å². The van der Waals surface area contributed by atoms with Gasteiger partial charge in [0.2, 0.25) is 0 Å². The molecule has 0 fully saturated rings. The molecule has 4 rings (SSSR count). The number of nitriles is 1. The average Bonchev–Trinajstić information content (AvgIpc) is 2.78. The molecular formula is C26H23ClN2O4. The van der Waals surface area contributed by atoms with Gasteiger partial charge in [-0.25, -0.2) is 0 Å². The first-order chi connectivity index (χ1) is 15.8. The number of esters is 1. The maximum Gasteiger partial charge on any atom is 0.308 e. The molecule has 0 amide bonds. The van der Waals surface area contributed by atoms with Gasteiger partial charge in [-0.3, -0.25) is 9.59 Å². The molecule has 0 saturated heterocycles. The fraction of sp³-hybridized carbons (Fsp3) is 0.269. The van der Waals surface area contributed by atoms with Crippen LogP contribution >= 0.6 is 11.6 Å². The van der Waals surface area contributed by atoms with Crippen LogP contribution in [0.25, 0.3) is 0 Å². The minimum Gasteiger partial charge on any atom is -0.493 e. The van der Waals surface area contributed by atoms with E-state index in [2.05, 4.69) is 11.4 Å². The molecule has 2 aliphatic rings. The van der Waals surface area contributed by atoms with E-state index in [4.69, 9.17) is 21.1 Å². The first-order valence-electron chi connectivity index (χ1n) is 10.6. The summed E-state index contributed by atoms with van der Waals surface area (Å²) in [5, 5.41) is 13.9. The van der Waals surface area contributed by atoms with E-state index in [1.54, 1.807) is 18.2 Å². The molecule has 0 bridgehead atoms. The Labute approximate surface area is 197 Å². The number of ketones is 1. The summed E-state index contributed by atoms with van der Waals surface area (Å²) in [6.45, 7) is 3.16. The highest BCUT2D eigenvalue weighted by Crippen LogP contribution is 2.46. The Morgan fingerprint density at radius 2 is 1.82 bits per heavy atom. The molecule has 168 valence electrons. The summed E-state index contributed by atoms with van der Waals surface area (Å²) in [5.74, 6) is -0.312. The molecule has 0 radical (unpaired) electrons. The van der Waals surface area contributed by atoms with E-state index in [-0.39, 0.29) is 17.5 Å². The molecule has 7 heteroatoms. The Morgan fingerprint density at radius 3 is 2.45 bits per heavy atom. The number of carbonyl (C=O) groups is 2. The van der Waals surface area contributed by atoms with Crippen LogP contribution in [0.5, 0.6) is 11.5 Å². The Bertz CT molecular complexity index is 1240. The van der Waals surface area contributed by atoms with Crippen molar-refractivity contribution in [3.05, 3.63) is 81.2 Å². The van der Waals surface area contributed by atoms with Crippen LogP contribution in [0.15, 0.2) is 65.0 Å². The van der Waals surface area contributed by atoms with E-state index >= 15 is 0 Å². The van der Waals surface area contributed by atoms with E-state index in [0.717, 1.165) is 16.8 Å². The van der Waals surface area contributed by atoms with E-state index in [9.17, 15) is 14.9 Å². The number of allylic oxidation sites excluding steroid dienone is 4. The van der Waals surface area contributed by atoms with Crippen molar-refractivity contribution in [2.45, 2.75) is 38.5 Å². The molecule has 0 unspecified atom stereocenters. The number of nitrogens with zero attached hydrogens (tertiary/aromatic N) is 1. The van der Waals surface area contributed by atoms with Gasteiger partial charge in [0.1, 0.15) is 0 Å².